The maximum Gasteiger partial charge on any atom is 0.333 e. The van der Waals surface area contributed by atoms with Crippen LogP contribution in [-0.2, 0) is 20.9 Å². The minimum atomic E-state index is -0.902. The summed E-state index contributed by atoms with van der Waals surface area (Å²) in [6.07, 6.45) is 0.306. The molecule has 0 aliphatic carbocycles. The van der Waals surface area contributed by atoms with Gasteiger partial charge in [-0.15, -0.1) is 11.3 Å². The van der Waals surface area contributed by atoms with Crippen molar-refractivity contribution in [3.8, 4) is 0 Å². The second kappa shape index (κ2) is 9.09. The zero-order valence-electron chi connectivity index (χ0n) is 17.1. The number of ether oxygens (including phenoxy) is 1. The van der Waals surface area contributed by atoms with Gasteiger partial charge in [0, 0.05) is 12.1 Å². The fraction of sp³-hybridized carbons (Fsp3) is 0.227. The van der Waals surface area contributed by atoms with Crippen molar-refractivity contribution in [3.63, 3.8) is 0 Å². The highest BCUT2D eigenvalue weighted by atomic mass is 32.2. The first-order valence-electron chi connectivity index (χ1n) is 9.72. The number of nitrogens with zero attached hydrogens (tertiary/aromatic N) is 3. The molecule has 0 spiro atoms. The summed E-state index contributed by atoms with van der Waals surface area (Å²) < 4.78 is 7.31. The van der Waals surface area contributed by atoms with Crippen molar-refractivity contribution >= 4 is 50.9 Å². The molecule has 10 heteroatoms. The number of hydrogen-bond acceptors (Lipinski definition) is 8. The van der Waals surface area contributed by atoms with Gasteiger partial charge in [0.2, 0.25) is 5.91 Å². The average molecular weight is 470 g/mol. The molecule has 8 nitrogen and oxygen atoms in total. The van der Waals surface area contributed by atoms with E-state index in [2.05, 4.69) is 11.6 Å². The number of thiazole rings is 1. The molecule has 2 heterocycles. The number of aromatic nitrogens is 1. The van der Waals surface area contributed by atoms with Crippen LogP contribution in [0, 0.1) is 10.1 Å². The summed E-state index contributed by atoms with van der Waals surface area (Å²) in [6, 6.07) is 12.7. The van der Waals surface area contributed by atoms with Crippen LogP contribution in [0.25, 0.3) is 10.2 Å². The number of nitro benzene ring substituents is 1. The van der Waals surface area contributed by atoms with E-state index in [1.807, 2.05) is 24.3 Å². The van der Waals surface area contributed by atoms with Crippen molar-refractivity contribution in [2.45, 2.75) is 35.7 Å². The molecule has 0 radical (unpaired) electrons. The summed E-state index contributed by atoms with van der Waals surface area (Å²) in [5.41, 5.74) is 1.97. The molecule has 3 aromatic rings. The Labute approximate surface area is 192 Å². The molecule has 1 amide bonds. The smallest absolute Gasteiger partial charge is 0.333 e. The Morgan fingerprint density at radius 2 is 2.06 bits per heavy atom. The lowest BCUT2D eigenvalue weighted by molar-refractivity contribution is -0.384. The van der Waals surface area contributed by atoms with Gasteiger partial charge in [-0.05, 0) is 42.3 Å². The first-order chi connectivity index (χ1) is 15.3. The van der Waals surface area contributed by atoms with E-state index in [1.54, 1.807) is 18.3 Å². The van der Waals surface area contributed by atoms with Crippen LogP contribution in [0.5, 0.6) is 0 Å². The number of amides is 1. The van der Waals surface area contributed by atoms with Crippen molar-refractivity contribution < 1.29 is 19.2 Å². The third-order valence-corrected chi connectivity index (χ3v) is 7.28. The molecule has 1 saturated heterocycles. The van der Waals surface area contributed by atoms with Gasteiger partial charge in [-0.2, -0.15) is 0 Å². The highest BCUT2D eigenvalue weighted by Crippen LogP contribution is 2.40. The second-order valence-electron chi connectivity index (χ2n) is 7.31. The molecule has 1 unspecified atom stereocenters. The van der Waals surface area contributed by atoms with Crippen LogP contribution >= 0.6 is 23.1 Å². The molecule has 164 valence electrons. The molecule has 1 aromatic heterocycles. The number of fused-ring (bicyclic) bond motifs is 1. The quantitative estimate of drug-likeness (QED) is 0.157. The fourth-order valence-electron chi connectivity index (χ4n) is 3.33. The van der Waals surface area contributed by atoms with E-state index in [9.17, 15) is 19.7 Å². The van der Waals surface area contributed by atoms with Crippen LogP contribution in [0.2, 0.25) is 0 Å². The summed E-state index contributed by atoms with van der Waals surface area (Å²) in [5, 5.41) is 10.5. The molecular weight excluding hydrogens is 450 g/mol. The van der Waals surface area contributed by atoms with Crippen molar-refractivity contribution in [2.24, 2.45) is 0 Å². The standard InChI is InChI=1S/C22H19N3O5S2/c1-13(2)20(21(27)30-12-14-7-9-15(10-8-14)25(28)29)24-18(26)11-19(24)32-22-23-16-5-3-4-6-17(16)31-22/h3-10,19-20H,1,11-12H2,2H3/t19-,20?/m0/s1. The van der Waals surface area contributed by atoms with Crippen LogP contribution < -0.4 is 0 Å². The summed E-state index contributed by atoms with van der Waals surface area (Å²) in [6.45, 7) is 5.51. The second-order valence-corrected chi connectivity index (χ2v) is 9.76. The van der Waals surface area contributed by atoms with Crippen LogP contribution in [0.3, 0.4) is 0 Å². The molecule has 1 aliphatic heterocycles. The molecule has 1 fully saturated rings. The van der Waals surface area contributed by atoms with Crippen LogP contribution in [0.4, 0.5) is 5.69 Å². The number of thioether (sulfide) groups is 1. The van der Waals surface area contributed by atoms with Gasteiger partial charge in [-0.3, -0.25) is 14.9 Å². The van der Waals surface area contributed by atoms with Crippen molar-refractivity contribution in [2.75, 3.05) is 0 Å². The molecule has 2 aromatic carbocycles. The number of para-hydroxylation sites is 1. The van der Waals surface area contributed by atoms with Gasteiger partial charge in [0.25, 0.3) is 5.69 Å². The van der Waals surface area contributed by atoms with Gasteiger partial charge < -0.3 is 9.64 Å². The van der Waals surface area contributed by atoms with Crippen LogP contribution in [0.15, 0.2) is 65.0 Å². The lowest BCUT2D eigenvalue weighted by Crippen LogP contribution is -2.59. The average Bonchev–Trinajstić information content (AvgIpc) is 3.18. The van der Waals surface area contributed by atoms with E-state index in [0.717, 1.165) is 14.6 Å². The van der Waals surface area contributed by atoms with Gasteiger partial charge in [0.05, 0.1) is 26.9 Å². The van der Waals surface area contributed by atoms with Crippen LogP contribution in [-0.4, -0.2) is 38.1 Å². The number of hydrogen-bond donors (Lipinski definition) is 0. The Morgan fingerprint density at radius 3 is 2.69 bits per heavy atom. The van der Waals surface area contributed by atoms with E-state index >= 15 is 0 Å². The Morgan fingerprint density at radius 1 is 1.34 bits per heavy atom. The van der Waals surface area contributed by atoms with Gasteiger partial charge in [-0.25, -0.2) is 9.78 Å². The first kappa shape index (κ1) is 22.0. The first-order valence-corrected chi connectivity index (χ1v) is 11.4. The van der Waals surface area contributed by atoms with Gasteiger partial charge in [0.1, 0.15) is 6.61 Å². The number of carbonyl (C=O) groups excluding carboxylic acids is 2. The summed E-state index contributed by atoms with van der Waals surface area (Å²) in [7, 11) is 0. The molecule has 0 saturated carbocycles. The lowest BCUT2D eigenvalue weighted by atomic mass is 10.0. The minimum Gasteiger partial charge on any atom is -0.459 e. The van der Waals surface area contributed by atoms with Crippen LogP contribution in [0.1, 0.15) is 18.9 Å². The highest BCUT2D eigenvalue weighted by molar-refractivity contribution is 8.01. The normalized spacial score (nSPS) is 16.5. The number of β-lactam (4-membered cyclic amide) rings is 1. The number of rotatable bonds is 8. The predicted molar refractivity (Wildman–Crippen MR) is 122 cm³/mol. The van der Waals surface area contributed by atoms with Crippen molar-refractivity contribution in [3.05, 3.63) is 76.4 Å². The zero-order valence-corrected chi connectivity index (χ0v) is 18.7. The number of nitro groups is 1. The van der Waals surface area contributed by atoms with Gasteiger partial charge >= 0.3 is 5.97 Å². The minimum absolute atomic E-state index is 0.0409. The third kappa shape index (κ3) is 4.51. The molecule has 2 atom stereocenters. The maximum atomic E-state index is 12.8. The van der Waals surface area contributed by atoms with E-state index in [-0.39, 0.29) is 23.6 Å². The highest BCUT2D eigenvalue weighted by Gasteiger charge is 2.45. The summed E-state index contributed by atoms with van der Waals surface area (Å²) in [4.78, 5) is 41.6. The number of carbonyl (C=O) groups is 2. The third-order valence-electron chi connectivity index (χ3n) is 4.96. The molecule has 0 bridgehead atoms. The summed E-state index contributed by atoms with van der Waals surface area (Å²) >= 11 is 2.99. The SMILES string of the molecule is C=C(C)C(C(=O)OCc1ccc([N+](=O)[O-])cc1)N1C(=O)C[C@@H]1Sc1nc2ccccc2s1. The van der Waals surface area contributed by atoms with Crippen molar-refractivity contribution in [1.82, 2.24) is 9.88 Å². The molecule has 0 N–H and O–H groups in total. The molecule has 1 aliphatic rings. The Kier molecular flexibility index (Phi) is 6.24. The van der Waals surface area contributed by atoms with E-state index in [4.69, 9.17) is 4.74 Å². The zero-order chi connectivity index (χ0) is 22.8. The van der Waals surface area contributed by atoms with Gasteiger partial charge in [0.15, 0.2) is 10.4 Å². The summed E-state index contributed by atoms with van der Waals surface area (Å²) in [5.74, 6) is -0.734. The molecule has 32 heavy (non-hydrogen) atoms. The molecule has 4 rings (SSSR count). The lowest BCUT2D eigenvalue weighted by Gasteiger charge is -2.43. The maximum absolute atomic E-state index is 12.8. The van der Waals surface area contributed by atoms with Crippen molar-refractivity contribution in [1.29, 1.82) is 0 Å². The van der Waals surface area contributed by atoms with Gasteiger partial charge in [-0.1, -0.05) is 30.5 Å². The number of non-ortho nitro benzene ring substituents is 1. The topological polar surface area (TPSA) is 103 Å². The Balaban J connectivity index is 1.44. The predicted octanol–water partition coefficient (Wildman–Crippen LogP) is 4.54. The monoisotopic (exact) mass is 469 g/mol. The fourth-order valence-corrected chi connectivity index (χ4v) is 5.78. The largest absolute Gasteiger partial charge is 0.459 e. The number of likely N-dealkylation sites (tertiary alicyclic amines) is 1. The van der Waals surface area contributed by atoms with E-state index < -0.39 is 16.9 Å². The molecular formula is C22H19N3O5S2. The Bertz CT molecular complexity index is 1170. The van der Waals surface area contributed by atoms with E-state index in [0.29, 0.717) is 17.6 Å². The van der Waals surface area contributed by atoms with E-state index in [1.165, 1.54) is 40.9 Å². The number of benzene rings is 2. The Hall–Kier alpha value is -3.24. The number of esters is 1.